The molecule has 0 spiro atoms. The van der Waals surface area contributed by atoms with Crippen molar-refractivity contribution < 1.29 is 0 Å². The number of hydrogen-bond acceptors (Lipinski definition) is 2. The smallest absolute Gasteiger partial charge is 0.0284 e. The maximum atomic E-state index is 6.12. The second-order valence-corrected chi connectivity index (χ2v) is 6.24. The van der Waals surface area contributed by atoms with Gasteiger partial charge >= 0.3 is 0 Å². The van der Waals surface area contributed by atoms with Crippen LogP contribution in [-0.2, 0) is 0 Å². The van der Waals surface area contributed by atoms with E-state index in [9.17, 15) is 0 Å². The van der Waals surface area contributed by atoms with Crippen molar-refractivity contribution in [2.75, 3.05) is 19.6 Å². The van der Waals surface area contributed by atoms with E-state index in [0.717, 1.165) is 12.5 Å². The molecular weight excluding hydrogens is 244 g/mol. The number of benzene rings is 1. The lowest BCUT2D eigenvalue weighted by atomic mass is 9.92. The van der Waals surface area contributed by atoms with Crippen molar-refractivity contribution in [1.29, 1.82) is 0 Å². The fraction of sp³-hybridized carbons (Fsp3) is 0.667. The standard InChI is InChI=1S/C18H30N2/c1-3-16-8-7-12-20(13-11-16)18(14-19)15(2)17-9-5-4-6-10-17/h4-6,9-10,15-16,18H,3,7-8,11-14,19H2,1-2H3. The summed E-state index contributed by atoms with van der Waals surface area (Å²) < 4.78 is 0. The summed E-state index contributed by atoms with van der Waals surface area (Å²) in [5.74, 6) is 1.44. The van der Waals surface area contributed by atoms with Crippen LogP contribution >= 0.6 is 0 Å². The molecule has 1 aliphatic heterocycles. The van der Waals surface area contributed by atoms with Gasteiger partial charge in [-0.05, 0) is 49.8 Å². The topological polar surface area (TPSA) is 29.3 Å². The van der Waals surface area contributed by atoms with Crippen LogP contribution in [0.5, 0.6) is 0 Å². The molecular formula is C18H30N2. The van der Waals surface area contributed by atoms with Gasteiger partial charge in [-0.25, -0.2) is 0 Å². The van der Waals surface area contributed by atoms with Crippen LogP contribution in [-0.4, -0.2) is 30.6 Å². The molecule has 1 saturated heterocycles. The summed E-state index contributed by atoms with van der Waals surface area (Å²) in [5, 5.41) is 0. The maximum Gasteiger partial charge on any atom is 0.0284 e. The lowest BCUT2D eigenvalue weighted by molar-refractivity contribution is 0.183. The highest BCUT2D eigenvalue weighted by Crippen LogP contribution is 2.27. The van der Waals surface area contributed by atoms with Crippen LogP contribution in [0.3, 0.4) is 0 Å². The Balaban J connectivity index is 2.04. The van der Waals surface area contributed by atoms with Gasteiger partial charge in [0.05, 0.1) is 0 Å². The van der Waals surface area contributed by atoms with E-state index in [1.807, 2.05) is 0 Å². The van der Waals surface area contributed by atoms with Crippen LogP contribution in [0, 0.1) is 5.92 Å². The quantitative estimate of drug-likeness (QED) is 0.888. The van der Waals surface area contributed by atoms with Crippen LogP contribution in [0.15, 0.2) is 30.3 Å². The summed E-state index contributed by atoms with van der Waals surface area (Å²) in [4.78, 5) is 2.65. The second-order valence-electron chi connectivity index (χ2n) is 6.24. The normalized spacial score (nSPS) is 24.1. The second kappa shape index (κ2) is 7.80. The highest BCUT2D eigenvalue weighted by Gasteiger charge is 2.26. The fourth-order valence-electron chi connectivity index (χ4n) is 3.58. The van der Waals surface area contributed by atoms with Crippen LogP contribution in [0.1, 0.15) is 51.0 Å². The minimum absolute atomic E-state index is 0.480. The zero-order chi connectivity index (χ0) is 14.4. The molecule has 1 aliphatic rings. The molecule has 1 aromatic carbocycles. The van der Waals surface area contributed by atoms with Gasteiger partial charge in [0, 0.05) is 12.6 Å². The first-order chi connectivity index (χ1) is 9.76. The van der Waals surface area contributed by atoms with Gasteiger partial charge in [0.1, 0.15) is 0 Å². The van der Waals surface area contributed by atoms with E-state index in [-0.39, 0.29) is 0 Å². The third kappa shape index (κ3) is 3.83. The molecule has 1 heterocycles. The summed E-state index contributed by atoms with van der Waals surface area (Å²) in [7, 11) is 0. The predicted molar refractivity (Wildman–Crippen MR) is 86.9 cm³/mol. The monoisotopic (exact) mass is 274 g/mol. The summed E-state index contributed by atoms with van der Waals surface area (Å²) in [6.45, 7) is 7.85. The first-order valence-corrected chi connectivity index (χ1v) is 8.25. The molecule has 2 N–H and O–H groups in total. The Morgan fingerprint density at radius 3 is 2.60 bits per heavy atom. The van der Waals surface area contributed by atoms with E-state index in [1.165, 1.54) is 44.3 Å². The van der Waals surface area contributed by atoms with Crippen molar-refractivity contribution in [2.24, 2.45) is 11.7 Å². The van der Waals surface area contributed by atoms with Crippen molar-refractivity contribution in [2.45, 2.75) is 51.5 Å². The minimum atomic E-state index is 0.480. The molecule has 0 bridgehead atoms. The Hall–Kier alpha value is -0.860. The van der Waals surface area contributed by atoms with Crippen molar-refractivity contribution in [3.05, 3.63) is 35.9 Å². The zero-order valence-electron chi connectivity index (χ0n) is 13.1. The van der Waals surface area contributed by atoms with Crippen molar-refractivity contribution in [1.82, 2.24) is 4.90 Å². The number of rotatable bonds is 5. The average molecular weight is 274 g/mol. The molecule has 0 aliphatic carbocycles. The van der Waals surface area contributed by atoms with Crippen LogP contribution < -0.4 is 5.73 Å². The van der Waals surface area contributed by atoms with Crippen LogP contribution in [0.2, 0.25) is 0 Å². The highest BCUT2D eigenvalue weighted by atomic mass is 15.2. The zero-order valence-corrected chi connectivity index (χ0v) is 13.1. The Bertz CT molecular complexity index is 376. The average Bonchev–Trinajstić information content (AvgIpc) is 2.74. The molecule has 112 valence electrons. The number of nitrogens with zero attached hydrogens (tertiary/aromatic N) is 1. The summed E-state index contributed by atoms with van der Waals surface area (Å²) in [6, 6.07) is 11.3. The molecule has 20 heavy (non-hydrogen) atoms. The predicted octanol–water partition coefficient (Wildman–Crippen LogP) is 3.63. The number of nitrogens with two attached hydrogens (primary N) is 1. The molecule has 0 saturated carbocycles. The van der Waals surface area contributed by atoms with E-state index in [2.05, 4.69) is 49.1 Å². The van der Waals surface area contributed by atoms with Crippen LogP contribution in [0.4, 0.5) is 0 Å². The van der Waals surface area contributed by atoms with Crippen molar-refractivity contribution >= 4 is 0 Å². The molecule has 0 amide bonds. The largest absolute Gasteiger partial charge is 0.329 e. The van der Waals surface area contributed by atoms with Gasteiger partial charge in [-0.3, -0.25) is 4.90 Å². The molecule has 2 nitrogen and oxygen atoms in total. The Kier molecular flexibility index (Phi) is 6.06. The first kappa shape index (κ1) is 15.5. The maximum absolute atomic E-state index is 6.12. The molecule has 1 aromatic rings. The van der Waals surface area contributed by atoms with E-state index < -0.39 is 0 Å². The van der Waals surface area contributed by atoms with Gasteiger partial charge in [0.2, 0.25) is 0 Å². The molecule has 0 radical (unpaired) electrons. The summed E-state index contributed by atoms with van der Waals surface area (Å²) in [6.07, 6.45) is 5.39. The van der Waals surface area contributed by atoms with Crippen LogP contribution in [0.25, 0.3) is 0 Å². The van der Waals surface area contributed by atoms with E-state index >= 15 is 0 Å². The van der Waals surface area contributed by atoms with E-state index in [4.69, 9.17) is 5.73 Å². The molecule has 3 unspecified atom stereocenters. The van der Waals surface area contributed by atoms with Gasteiger partial charge in [0.15, 0.2) is 0 Å². The molecule has 0 aromatic heterocycles. The van der Waals surface area contributed by atoms with Gasteiger partial charge in [-0.2, -0.15) is 0 Å². The van der Waals surface area contributed by atoms with Gasteiger partial charge in [-0.1, -0.05) is 50.6 Å². The lowest BCUT2D eigenvalue weighted by Gasteiger charge is -2.34. The Morgan fingerprint density at radius 1 is 1.20 bits per heavy atom. The number of likely N-dealkylation sites (tertiary alicyclic amines) is 1. The Morgan fingerprint density at radius 2 is 1.95 bits per heavy atom. The molecule has 2 rings (SSSR count). The molecule has 2 heteroatoms. The SMILES string of the molecule is CCC1CCCN(C(CN)C(C)c2ccccc2)CC1. The number of hydrogen-bond donors (Lipinski definition) is 1. The molecule has 3 atom stereocenters. The van der Waals surface area contributed by atoms with Crippen molar-refractivity contribution in [3.63, 3.8) is 0 Å². The highest BCUT2D eigenvalue weighted by molar-refractivity contribution is 5.20. The van der Waals surface area contributed by atoms with Crippen molar-refractivity contribution in [3.8, 4) is 0 Å². The van der Waals surface area contributed by atoms with Gasteiger partial charge in [-0.15, -0.1) is 0 Å². The van der Waals surface area contributed by atoms with Gasteiger partial charge in [0.25, 0.3) is 0 Å². The fourth-order valence-corrected chi connectivity index (χ4v) is 3.58. The first-order valence-electron chi connectivity index (χ1n) is 8.25. The third-order valence-electron chi connectivity index (χ3n) is 5.07. The van der Waals surface area contributed by atoms with Gasteiger partial charge < -0.3 is 5.73 Å². The Labute approximate surface area is 124 Å². The molecule has 1 fully saturated rings. The third-order valence-corrected chi connectivity index (χ3v) is 5.07. The summed E-state index contributed by atoms with van der Waals surface area (Å²) in [5.41, 5.74) is 7.53. The lowest BCUT2D eigenvalue weighted by Crippen LogP contribution is -2.44. The summed E-state index contributed by atoms with van der Waals surface area (Å²) >= 11 is 0. The van der Waals surface area contributed by atoms with E-state index in [0.29, 0.717) is 12.0 Å². The van der Waals surface area contributed by atoms with E-state index in [1.54, 1.807) is 0 Å². The minimum Gasteiger partial charge on any atom is -0.329 e.